The molecule has 0 saturated carbocycles. The zero-order valence-corrected chi connectivity index (χ0v) is 16.9. The normalized spacial score (nSPS) is 14.5. The highest BCUT2D eigenvalue weighted by Gasteiger charge is 2.13. The highest BCUT2D eigenvalue weighted by Crippen LogP contribution is 2.23. The van der Waals surface area contributed by atoms with Gasteiger partial charge in [0.1, 0.15) is 11.8 Å². The fraction of sp³-hybridized carbons (Fsp3) is 0.208. The molecular formula is C24H22N4O3. The average Bonchev–Trinajstić information content (AvgIpc) is 2.80. The molecule has 0 bridgehead atoms. The number of carbonyl (C=O) groups excluding carboxylic acids is 1. The second-order valence-corrected chi connectivity index (χ2v) is 7.29. The highest BCUT2D eigenvalue weighted by molar-refractivity contribution is 6.02. The molecule has 156 valence electrons. The van der Waals surface area contributed by atoms with Crippen molar-refractivity contribution in [3.05, 3.63) is 76.9 Å². The van der Waals surface area contributed by atoms with Crippen LogP contribution in [0.2, 0.25) is 0 Å². The summed E-state index contributed by atoms with van der Waals surface area (Å²) in [6.45, 7) is 4.24. The van der Waals surface area contributed by atoms with E-state index in [-0.39, 0.29) is 16.9 Å². The first kappa shape index (κ1) is 20.5. The van der Waals surface area contributed by atoms with Gasteiger partial charge in [-0.3, -0.25) is 9.69 Å². The number of phenols is 1. The van der Waals surface area contributed by atoms with Gasteiger partial charge in [0.15, 0.2) is 0 Å². The molecule has 3 aromatic carbocycles. The number of nitrogens with zero attached hydrogens (tertiary/aromatic N) is 3. The number of hydrogen-bond acceptors (Lipinski definition) is 6. The Balaban J connectivity index is 1.52. The molecule has 1 aliphatic heterocycles. The number of amides is 1. The molecular weight excluding hydrogens is 392 g/mol. The number of fused-ring (bicyclic) bond motifs is 1. The zero-order valence-electron chi connectivity index (χ0n) is 16.9. The van der Waals surface area contributed by atoms with Crippen LogP contribution in [0, 0.1) is 11.3 Å². The lowest BCUT2D eigenvalue weighted by Crippen LogP contribution is -2.35. The van der Waals surface area contributed by atoms with Gasteiger partial charge in [-0.2, -0.15) is 10.4 Å². The SMILES string of the molecule is N#Cc1cc(C(=O)N/N=C/c2cccc3c(CN4CCOCC4)cccc23)ccc1O. The monoisotopic (exact) mass is 414 g/mol. The molecule has 0 aliphatic carbocycles. The van der Waals surface area contributed by atoms with Crippen LogP contribution in [0.3, 0.4) is 0 Å². The number of nitriles is 1. The number of phenolic OH excluding ortho intramolecular Hbond substituents is 1. The van der Waals surface area contributed by atoms with Crippen molar-refractivity contribution in [3.63, 3.8) is 0 Å². The number of morpholine rings is 1. The number of rotatable bonds is 5. The van der Waals surface area contributed by atoms with E-state index >= 15 is 0 Å². The third-order valence-electron chi connectivity index (χ3n) is 5.29. The predicted molar refractivity (Wildman–Crippen MR) is 118 cm³/mol. The van der Waals surface area contributed by atoms with Gasteiger partial charge in [0.05, 0.1) is 25.0 Å². The summed E-state index contributed by atoms with van der Waals surface area (Å²) in [5.74, 6) is -0.618. The first-order valence-corrected chi connectivity index (χ1v) is 10.0. The summed E-state index contributed by atoms with van der Waals surface area (Å²) in [5, 5.41) is 24.9. The van der Waals surface area contributed by atoms with Crippen LogP contribution in [0.15, 0.2) is 59.7 Å². The van der Waals surface area contributed by atoms with Gasteiger partial charge >= 0.3 is 0 Å². The molecule has 0 unspecified atom stereocenters. The molecule has 4 rings (SSSR count). The number of nitrogens with one attached hydrogen (secondary N) is 1. The van der Waals surface area contributed by atoms with E-state index in [1.165, 1.54) is 23.8 Å². The van der Waals surface area contributed by atoms with Crippen molar-refractivity contribution < 1.29 is 14.6 Å². The molecule has 31 heavy (non-hydrogen) atoms. The zero-order chi connectivity index (χ0) is 21.6. The van der Waals surface area contributed by atoms with Gasteiger partial charge in [0.2, 0.25) is 0 Å². The van der Waals surface area contributed by atoms with Crippen molar-refractivity contribution in [2.45, 2.75) is 6.54 Å². The van der Waals surface area contributed by atoms with Crippen molar-refractivity contribution in [1.29, 1.82) is 5.26 Å². The minimum Gasteiger partial charge on any atom is -0.507 e. The Bertz CT molecular complexity index is 1180. The summed E-state index contributed by atoms with van der Waals surface area (Å²) in [7, 11) is 0. The summed E-state index contributed by atoms with van der Waals surface area (Å²) >= 11 is 0. The van der Waals surface area contributed by atoms with Gasteiger partial charge in [-0.15, -0.1) is 0 Å². The average molecular weight is 414 g/mol. The Labute approximate surface area is 180 Å². The Morgan fingerprint density at radius 2 is 1.94 bits per heavy atom. The van der Waals surface area contributed by atoms with Crippen LogP contribution in [-0.4, -0.2) is 48.4 Å². The first-order chi connectivity index (χ1) is 15.2. The Morgan fingerprint density at radius 1 is 1.16 bits per heavy atom. The van der Waals surface area contributed by atoms with Crippen molar-refractivity contribution in [2.75, 3.05) is 26.3 Å². The van der Waals surface area contributed by atoms with Crippen LogP contribution in [-0.2, 0) is 11.3 Å². The predicted octanol–water partition coefficient (Wildman–Crippen LogP) is 3.01. The lowest BCUT2D eigenvalue weighted by Gasteiger charge is -2.27. The van der Waals surface area contributed by atoms with Gasteiger partial charge in [0.25, 0.3) is 5.91 Å². The van der Waals surface area contributed by atoms with Crippen molar-refractivity contribution in [1.82, 2.24) is 10.3 Å². The highest BCUT2D eigenvalue weighted by atomic mass is 16.5. The van der Waals surface area contributed by atoms with Gasteiger partial charge in [-0.05, 0) is 34.5 Å². The summed E-state index contributed by atoms with van der Waals surface area (Å²) in [4.78, 5) is 14.7. The maximum atomic E-state index is 12.3. The second kappa shape index (κ2) is 9.39. The number of aromatic hydroxyl groups is 1. The topological polar surface area (TPSA) is 98.0 Å². The van der Waals surface area contributed by atoms with Gasteiger partial charge in [-0.25, -0.2) is 5.43 Å². The lowest BCUT2D eigenvalue weighted by atomic mass is 10.00. The molecule has 7 nitrogen and oxygen atoms in total. The molecule has 1 fully saturated rings. The van der Waals surface area contributed by atoms with Crippen molar-refractivity contribution >= 4 is 22.9 Å². The largest absolute Gasteiger partial charge is 0.507 e. The minimum atomic E-state index is -0.457. The van der Waals surface area contributed by atoms with Crippen LogP contribution in [0.4, 0.5) is 0 Å². The fourth-order valence-electron chi connectivity index (χ4n) is 3.64. The van der Waals surface area contributed by atoms with Gasteiger partial charge in [-0.1, -0.05) is 36.4 Å². The van der Waals surface area contributed by atoms with Crippen molar-refractivity contribution in [2.24, 2.45) is 5.10 Å². The molecule has 3 aromatic rings. The number of hydrogen-bond donors (Lipinski definition) is 2. The molecule has 0 spiro atoms. The van der Waals surface area contributed by atoms with E-state index in [9.17, 15) is 9.90 Å². The Hall–Kier alpha value is -3.73. The van der Waals surface area contributed by atoms with E-state index in [1.54, 1.807) is 6.21 Å². The van der Waals surface area contributed by atoms with Crippen LogP contribution in [0.25, 0.3) is 10.8 Å². The van der Waals surface area contributed by atoms with E-state index in [2.05, 4.69) is 27.6 Å². The summed E-state index contributed by atoms with van der Waals surface area (Å²) in [6.07, 6.45) is 1.62. The summed E-state index contributed by atoms with van der Waals surface area (Å²) in [6, 6.07) is 18.2. The maximum absolute atomic E-state index is 12.3. The number of benzene rings is 3. The third kappa shape index (κ3) is 4.72. The Kier molecular flexibility index (Phi) is 6.22. The molecule has 0 aromatic heterocycles. The molecule has 7 heteroatoms. The lowest BCUT2D eigenvalue weighted by molar-refractivity contribution is 0.0343. The van der Waals surface area contributed by atoms with E-state index in [4.69, 9.17) is 10.00 Å². The second-order valence-electron chi connectivity index (χ2n) is 7.29. The molecule has 0 atom stereocenters. The third-order valence-corrected chi connectivity index (χ3v) is 5.29. The molecule has 2 N–H and O–H groups in total. The molecule has 1 saturated heterocycles. The van der Waals surface area contributed by atoms with Crippen LogP contribution in [0.5, 0.6) is 5.75 Å². The molecule has 0 radical (unpaired) electrons. The quantitative estimate of drug-likeness (QED) is 0.494. The molecule has 1 heterocycles. The van der Waals surface area contributed by atoms with Gasteiger partial charge in [0, 0.05) is 30.8 Å². The molecule has 1 amide bonds. The first-order valence-electron chi connectivity index (χ1n) is 10.0. The summed E-state index contributed by atoms with van der Waals surface area (Å²) in [5.41, 5.74) is 4.90. The summed E-state index contributed by atoms with van der Waals surface area (Å²) < 4.78 is 5.44. The van der Waals surface area contributed by atoms with Crippen molar-refractivity contribution in [3.8, 4) is 11.8 Å². The maximum Gasteiger partial charge on any atom is 0.271 e. The fourth-order valence-corrected chi connectivity index (χ4v) is 3.64. The van der Waals surface area contributed by atoms with Gasteiger partial charge < -0.3 is 9.84 Å². The smallest absolute Gasteiger partial charge is 0.271 e. The van der Waals surface area contributed by atoms with Crippen LogP contribution in [0.1, 0.15) is 27.0 Å². The number of carbonyl (C=O) groups is 1. The number of ether oxygens (including phenoxy) is 1. The Morgan fingerprint density at radius 3 is 2.74 bits per heavy atom. The van der Waals surface area contributed by atoms with E-state index in [0.29, 0.717) is 0 Å². The number of hydrazone groups is 1. The standard InChI is InChI=1S/C24H22N4O3/c25-14-20-13-17(7-8-23(20)29)24(30)27-26-15-18-3-1-6-22-19(4-2-5-21(18)22)16-28-9-11-31-12-10-28/h1-8,13,15,29H,9-12,16H2,(H,27,30)/b26-15+. The minimum absolute atomic E-state index is 0.0403. The van der Waals surface area contributed by atoms with E-state index < -0.39 is 5.91 Å². The van der Waals surface area contributed by atoms with E-state index in [1.807, 2.05) is 30.3 Å². The van der Waals surface area contributed by atoms with E-state index in [0.717, 1.165) is 49.2 Å². The molecule has 1 aliphatic rings. The van der Waals surface area contributed by atoms with Crippen LogP contribution >= 0.6 is 0 Å². The van der Waals surface area contributed by atoms with Crippen LogP contribution < -0.4 is 5.43 Å².